The number of esters is 1. The summed E-state index contributed by atoms with van der Waals surface area (Å²) in [7, 11) is 0. The number of fused-ring (bicyclic) bond motifs is 5. The van der Waals surface area contributed by atoms with Gasteiger partial charge in [0, 0.05) is 25.7 Å². The zero-order chi connectivity index (χ0) is 34.6. The second-order valence-electron chi connectivity index (χ2n) is 17.8. The minimum Gasteiger partial charge on any atom is -0.462 e. The van der Waals surface area contributed by atoms with Gasteiger partial charge in [0.15, 0.2) is 0 Å². The van der Waals surface area contributed by atoms with Crippen molar-refractivity contribution in [2.24, 2.45) is 52.3 Å². The fourth-order valence-corrected chi connectivity index (χ4v) is 11.5. The number of carbonyl (C=O) groups excluding carboxylic acids is 1. The second kappa shape index (κ2) is 19.2. The molecular weight excluding hydrogens is 585 g/mol. The Morgan fingerprint density at radius 1 is 0.917 bits per heavy atom. The number of hydrogen-bond donors (Lipinski definition) is 0. The lowest BCUT2D eigenvalue weighted by molar-refractivity contribution is -0.151. The van der Waals surface area contributed by atoms with Gasteiger partial charge < -0.3 is 4.74 Å². The topological polar surface area (TPSA) is 26.3 Å². The van der Waals surface area contributed by atoms with Crippen molar-refractivity contribution >= 4 is 5.97 Å². The van der Waals surface area contributed by atoms with Gasteiger partial charge in [-0.05, 0) is 123 Å². The summed E-state index contributed by atoms with van der Waals surface area (Å²) < 4.78 is 6.13. The van der Waals surface area contributed by atoms with Gasteiger partial charge >= 0.3 is 5.97 Å². The van der Waals surface area contributed by atoms with Crippen molar-refractivity contribution in [1.82, 2.24) is 0 Å². The molecule has 0 aromatic carbocycles. The fraction of sp³-hybridized carbons (Fsp3) is 0.848. The molecule has 4 aliphatic rings. The van der Waals surface area contributed by atoms with Crippen molar-refractivity contribution in [3.05, 3.63) is 24.3 Å². The largest absolute Gasteiger partial charge is 0.462 e. The molecule has 0 aromatic rings. The lowest BCUT2D eigenvalue weighted by atomic mass is 9.47. The Kier molecular flexibility index (Phi) is 15.7. The summed E-state index contributed by atoms with van der Waals surface area (Å²) in [6.45, 7) is 18.9. The summed E-state index contributed by atoms with van der Waals surface area (Å²) in [5.41, 5.74) is 2.49. The maximum absolute atomic E-state index is 12.8. The van der Waals surface area contributed by atoms with Gasteiger partial charge in [-0.25, -0.2) is 0 Å². The van der Waals surface area contributed by atoms with Crippen LogP contribution in [0.3, 0.4) is 0 Å². The van der Waals surface area contributed by atoms with E-state index in [1.165, 1.54) is 96.3 Å². The predicted molar refractivity (Wildman–Crippen MR) is 205 cm³/mol. The number of rotatable bonds is 19. The second-order valence-corrected chi connectivity index (χ2v) is 17.8. The maximum atomic E-state index is 12.8. The lowest BCUT2D eigenvalue weighted by Gasteiger charge is -2.58. The number of carbonyl (C=O) groups is 1. The minimum atomic E-state index is 0.0466. The molecular formula is C46H76O2. The van der Waals surface area contributed by atoms with Crippen molar-refractivity contribution in [2.75, 3.05) is 0 Å². The van der Waals surface area contributed by atoms with Crippen molar-refractivity contribution in [3.63, 3.8) is 0 Å². The molecule has 0 heterocycles. The highest BCUT2D eigenvalue weighted by atomic mass is 16.5. The van der Waals surface area contributed by atoms with Crippen LogP contribution < -0.4 is 0 Å². The van der Waals surface area contributed by atoms with E-state index < -0.39 is 0 Å². The average Bonchev–Trinajstić information content (AvgIpc) is 3.42. The smallest absolute Gasteiger partial charge is 0.306 e. The Labute approximate surface area is 298 Å². The van der Waals surface area contributed by atoms with E-state index in [-0.39, 0.29) is 12.1 Å². The van der Waals surface area contributed by atoms with Crippen LogP contribution in [0.5, 0.6) is 0 Å². The monoisotopic (exact) mass is 661 g/mol. The molecule has 0 N–H and O–H groups in total. The van der Waals surface area contributed by atoms with Crippen LogP contribution in [0.2, 0.25) is 0 Å². The van der Waals surface area contributed by atoms with Gasteiger partial charge in [0.1, 0.15) is 6.10 Å². The van der Waals surface area contributed by atoms with Crippen molar-refractivity contribution in [3.8, 4) is 11.8 Å². The molecule has 0 aromatic heterocycles. The quantitative estimate of drug-likeness (QED) is 0.0596. The molecule has 3 fully saturated rings. The highest BCUT2D eigenvalue weighted by Gasteiger charge is 2.59. The van der Waals surface area contributed by atoms with Crippen LogP contribution in [0.15, 0.2) is 24.3 Å². The molecule has 0 unspecified atom stereocenters. The van der Waals surface area contributed by atoms with Crippen LogP contribution in [0.1, 0.15) is 189 Å². The van der Waals surface area contributed by atoms with Gasteiger partial charge in [-0.3, -0.25) is 4.79 Å². The molecule has 3 saturated carbocycles. The molecule has 4 aliphatic carbocycles. The van der Waals surface area contributed by atoms with E-state index in [0.29, 0.717) is 17.3 Å². The number of unbranched alkanes of at least 4 members (excludes halogenated alkanes) is 9. The van der Waals surface area contributed by atoms with Gasteiger partial charge in [-0.15, -0.1) is 18.4 Å². The molecule has 2 nitrogen and oxygen atoms in total. The van der Waals surface area contributed by atoms with Crippen LogP contribution in [-0.2, 0) is 9.53 Å². The average molecular weight is 661 g/mol. The van der Waals surface area contributed by atoms with Gasteiger partial charge in [-0.2, -0.15) is 0 Å². The first-order chi connectivity index (χ1) is 23.1. The van der Waals surface area contributed by atoms with Gasteiger partial charge in [0.2, 0.25) is 0 Å². The van der Waals surface area contributed by atoms with Crippen LogP contribution in [0.4, 0.5) is 0 Å². The zero-order valence-electron chi connectivity index (χ0n) is 32.6. The Morgan fingerprint density at radius 2 is 1.62 bits per heavy atom. The molecule has 0 spiro atoms. The SMILES string of the molecule is C=CCCC#CCCCCCCCCCCC(=O)O[C@H]1CC[C@@]2(C)C(=CC[C@@H]3[C@H]4CC[C@H]([C@H](C)CC[C@@H](CC)C(C)C)[C@@]4(C)CC[C@H]32)C1. The molecule has 0 amide bonds. The molecule has 48 heavy (non-hydrogen) atoms. The lowest BCUT2D eigenvalue weighted by Crippen LogP contribution is -2.51. The van der Waals surface area contributed by atoms with Gasteiger partial charge in [-0.1, -0.05) is 111 Å². The summed E-state index contributed by atoms with van der Waals surface area (Å²) in [4.78, 5) is 12.8. The van der Waals surface area contributed by atoms with Crippen molar-refractivity contribution < 1.29 is 9.53 Å². The van der Waals surface area contributed by atoms with E-state index in [9.17, 15) is 4.79 Å². The summed E-state index contributed by atoms with van der Waals surface area (Å²) >= 11 is 0. The van der Waals surface area contributed by atoms with E-state index in [4.69, 9.17) is 4.74 Å². The molecule has 0 aliphatic heterocycles. The van der Waals surface area contributed by atoms with E-state index in [1.54, 1.807) is 5.57 Å². The van der Waals surface area contributed by atoms with Crippen LogP contribution in [0, 0.1) is 64.1 Å². The molecule has 0 saturated heterocycles. The van der Waals surface area contributed by atoms with Crippen LogP contribution in [0.25, 0.3) is 0 Å². The Balaban J connectivity index is 1.15. The third-order valence-corrected chi connectivity index (χ3v) is 14.6. The summed E-state index contributed by atoms with van der Waals surface area (Å²) in [5.74, 6) is 12.6. The highest BCUT2D eigenvalue weighted by molar-refractivity contribution is 5.69. The van der Waals surface area contributed by atoms with Crippen LogP contribution >= 0.6 is 0 Å². The van der Waals surface area contributed by atoms with E-state index in [0.717, 1.165) is 86.4 Å². The standard InChI is InChI=1S/C46H76O2/c1-8-10-11-12-13-14-15-16-17-18-19-20-21-22-23-44(47)48-39-30-32-45(6)38(34-39)26-27-40-42-29-28-41(46(42,7)33-31-43(40)45)36(5)24-25-37(9-2)35(3)4/h8,26,35-37,39-43H,1,9-11,14-25,27-34H2,2-7H3/t36-,37-,39+,40-,41-,42-,43-,45+,46-/m1/s1. The minimum absolute atomic E-state index is 0.0466. The zero-order valence-corrected chi connectivity index (χ0v) is 32.6. The Bertz CT molecular complexity index is 1090. The van der Waals surface area contributed by atoms with Gasteiger partial charge in [0.05, 0.1) is 0 Å². The van der Waals surface area contributed by atoms with Crippen molar-refractivity contribution in [2.45, 2.75) is 195 Å². The van der Waals surface area contributed by atoms with Crippen molar-refractivity contribution in [1.29, 1.82) is 0 Å². The first-order valence-electron chi connectivity index (χ1n) is 21.1. The molecule has 9 atom stereocenters. The fourth-order valence-electron chi connectivity index (χ4n) is 11.5. The molecule has 0 bridgehead atoms. The van der Waals surface area contributed by atoms with E-state index >= 15 is 0 Å². The molecule has 272 valence electrons. The number of hydrogen-bond acceptors (Lipinski definition) is 2. The first-order valence-corrected chi connectivity index (χ1v) is 21.1. The normalized spacial score (nSPS) is 32.2. The molecule has 4 rings (SSSR count). The highest BCUT2D eigenvalue weighted by Crippen LogP contribution is 2.67. The maximum Gasteiger partial charge on any atom is 0.306 e. The number of allylic oxidation sites excluding steroid dienone is 2. The van der Waals surface area contributed by atoms with E-state index in [1.807, 2.05) is 6.08 Å². The molecule has 2 heteroatoms. The van der Waals surface area contributed by atoms with Crippen LogP contribution in [-0.4, -0.2) is 12.1 Å². The summed E-state index contributed by atoms with van der Waals surface area (Å²) in [6, 6.07) is 0. The third kappa shape index (κ3) is 10.1. The Hall–Kier alpha value is -1.49. The Morgan fingerprint density at radius 3 is 2.33 bits per heavy atom. The summed E-state index contributed by atoms with van der Waals surface area (Å²) in [5, 5.41) is 0. The van der Waals surface area contributed by atoms with Gasteiger partial charge in [0.25, 0.3) is 0 Å². The predicted octanol–water partition coefficient (Wildman–Crippen LogP) is 13.4. The number of ether oxygens (including phenoxy) is 1. The summed E-state index contributed by atoms with van der Waals surface area (Å²) in [6.07, 6.45) is 32.5. The third-order valence-electron chi connectivity index (χ3n) is 14.6. The first kappa shape index (κ1) is 39.3. The van der Waals surface area contributed by atoms with E-state index in [2.05, 4.69) is 66.0 Å². The molecule has 0 radical (unpaired) electrons.